The number of amides is 1. The minimum atomic E-state index is -3.66. The molecular formula is C16H26N4O3S. The lowest BCUT2D eigenvalue weighted by molar-refractivity contribution is 0.0955. The number of hydrogen-bond acceptors (Lipinski definition) is 5. The van der Waals surface area contributed by atoms with Crippen LogP contribution in [0.15, 0.2) is 23.1 Å². The number of benzene rings is 1. The summed E-state index contributed by atoms with van der Waals surface area (Å²) in [5.41, 5.74) is 1.00. The second-order valence-electron chi connectivity index (χ2n) is 5.83. The molecule has 2 N–H and O–H groups in total. The zero-order valence-electron chi connectivity index (χ0n) is 14.5. The molecule has 1 aliphatic rings. The Bertz CT molecular complexity index is 683. The summed E-state index contributed by atoms with van der Waals surface area (Å²) in [6.07, 6.45) is 0. The third-order valence-electron chi connectivity index (χ3n) is 4.03. The number of sulfonamides is 1. The monoisotopic (exact) mass is 354 g/mol. The highest BCUT2D eigenvalue weighted by molar-refractivity contribution is 7.89. The first-order valence-electron chi connectivity index (χ1n) is 8.24. The van der Waals surface area contributed by atoms with Gasteiger partial charge >= 0.3 is 0 Å². The second-order valence-corrected chi connectivity index (χ2v) is 7.57. The van der Waals surface area contributed by atoms with E-state index in [-0.39, 0.29) is 10.8 Å². The van der Waals surface area contributed by atoms with E-state index < -0.39 is 10.0 Å². The Balaban J connectivity index is 2.44. The SMILES string of the molecule is CCNC(=O)c1ccc(N2CCN(C)CC2)c(S(=O)(=O)NCC)c1. The lowest BCUT2D eigenvalue weighted by Gasteiger charge is -2.35. The molecule has 2 rings (SSSR count). The lowest BCUT2D eigenvalue weighted by atomic mass is 10.1. The molecule has 0 saturated carbocycles. The molecule has 8 heteroatoms. The van der Waals surface area contributed by atoms with Crippen molar-refractivity contribution in [2.24, 2.45) is 0 Å². The van der Waals surface area contributed by atoms with Gasteiger partial charge in [0.15, 0.2) is 0 Å². The van der Waals surface area contributed by atoms with Gasteiger partial charge in [-0.25, -0.2) is 13.1 Å². The van der Waals surface area contributed by atoms with Crippen molar-refractivity contribution in [3.63, 3.8) is 0 Å². The van der Waals surface area contributed by atoms with Gasteiger partial charge in [0.05, 0.1) is 5.69 Å². The van der Waals surface area contributed by atoms with Crippen molar-refractivity contribution in [1.82, 2.24) is 14.9 Å². The maximum Gasteiger partial charge on any atom is 0.251 e. The van der Waals surface area contributed by atoms with Crippen molar-refractivity contribution in [1.29, 1.82) is 0 Å². The number of likely N-dealkylation sites (N-methyl/N-ethyl adjacent to an activating group) is 1. The van der Waals surface area contributed by atoms with Gasteiger partial charge in [0.25, 0.3) is 5.91 Å². The van der Waals surface area contributed by atoms with E-state index in [2.05, 4.69) is 19.8 Å². The smallest absolute Gasteiger partial charge is 0.251 e. The highest BCUT2D eigenvalue weighted by Gasteiger charge is 2.25. The fourth-order valence-corrected chi connectivity index (χ4v) is 4.00. The van der Waals surface area contributed by atoms with Gasteiger partial charge in [0.2, 0.25) is 10.0 Å². The van der Waals surface area contributed by atoms with Crippen LogP contribution in [0.1, 0.15) is 24.2 Å². The summed E-state index contributed by atoms with van der Waals surface area (Å²) >= 11 is 0. The molecule has 0 radical (unpaired) electrons. The quantitative estimate of drug-likeness (QED) is 0.777. The Morgan fingerprint density at radius 1 is 1.12 bits per heavy atom. The first-order valence-corrected chi connectivity index (χ1v) is 9.72. The van der Waals surface area contributed by atoms with E-state index in [1.807, 2.05) is 14.0 Å². The van der Waals surface area contributed by atoms with Crippen LogP contribution in [0, 0.1) is 0 Å². The van der Waals surface area contributed by atoms with E-state index in [0.29, 0.717) is 24.3 Å². The van der Waals surface area contributed by atoms with Gasteiger partial charge in [-0.3, -0.25) is 4.79 Å². The van der Waals surface area contributed by atoms with Gasteiger partial charge in [-0.1, -0.05) is 6.92 Å². The average Bonchev–Trinajstić information content (AvgIpc) is 2.55. The molecule has 7 nitrogen and oxygen atoms in total. The first kappa shape index (κ1) is 18.7. The Kier molecular flexibility index (Phi) is 6.20. The first-order chi connectivity index (χ1) is 11.4. The number of carbonyl (C=O) groups is 1. The summed E-state index contributed by atoms with van der Waals surface area (Å²) in [5, 5.41) is 2.70. The van der Waals surface area contributed by atoms with E-state index >= 15 is 0 Å². The number of hydrogen-bond donors (Lipinski definition) is 2. The predicted octanol–water partition coefficient (Wildman–Crippen LogP) is 0.486. The maximum absolute atomic E-state index is 12.6. The minimum absolute atomic E-state index is 0.164. The van der Waals surface area contributed by atoms with Crippen LogP contribution >= 0.6 is 0 Å². The zero-order valence-corrected chi connectivity index (χ0v) is 15.3. The molecule has 1 aromatic carbocycles. The molecule has 1 fully saturated rings. The Morgan fingerprint density at radius 3 is 2.38 bits per heavy atom. The third-order valence-corrected chi connectivity index (χ3v) is 5.60. The van der Waals surface area contributed by atoms with Crippen LogP contribution in [0.3, 0.4) is 0 Å². The molecule has 1 aromatic rings. The molecule has 0 atom stereocenters. The van der Waals surface area contributed by atoms with Crippen molar-refractivity contribution in [3.05, 3.63) is 23.8 Å². The summed E-state index contributed by atoms with van der Waals surface area (Å²) in [5.74, 6) is -0.268. The standard InChI is InChI=1S/C16H26N4O3S/c1-4-17-16(21)13-6-7-14(20-10-8-19(3)9-11-20)15(12-13)24(22,23)18-5-2/h6-7,12,18H,4-5,8-11H2,1-3H3,(H,17,21). The minimum Gasteiger partial charge on any atom is -0.368 e. The van der Waals surface area contributed by atoms with Crippen molar-refractivity contribution < 1.29 is 13.2 Å². The summed E-state index contributed by atoms with van der Waals surface area (Å²) in [4.78, 5) is 16.5. The lowest BCUT2D eigenvalue weighted by Crippen LogP contribution is -2.45. The largest absolute Gasteiger partial charge is 0.368 e. The van der Waals surface area contributed by atoms with Gasteiger partial charge in [-0.2, -0.15) is 0 Å². The predicted molar refractivity (Wildman–Crippen MR) is 95.0 cm³/mol. The van der Waals surface area contributed by atoms with Crippen molar-refractivity contribution in [2.45, 2.75) is 18.7 Å². The number of nitrogens with zero attached hydrogens (tertiary/aromatic N) is 2. The number of nitrogens with one attached hydrogen (secondary N) is 2. The summed E-state index contributed by atoms with van der Waals surface area (Å²) < 4.78 is 27.8. The van der Waals surface area contributed by atoms with E-state index in [1.165, 1.54) is 6.07 Å². The van der Waals surface area contributed by atoms with Gasteiger partial charge in [-0.15, -0.1) is 0 Å². The van der Waals surface area contributed by atoms with E-state index in [1.54, 1.807) is 19.1 Å². The molecule has 1 aliphatic heterocycles. The van der Waals surface area contributed by atoms with Crippen molar-refractivity contribution in [3.8, 4) is 0 Å². The summed E-state index contributed by atoms with van der Waals surface area (Å²) in [7, 11) is -1.61. The zero-order chi connectivity index (χ0) is 17.7. The van der Waals surface area contributed by atoms with Gasteiger partial charge < -0.3 is 15.1 Å². The third kappa shape index (κ3) is 4.25. The molecule has 0 bridgehead atoms. The summed E-state index contributed by atoms with van der Waals surface area (Å²) in [6, 6.07) is 4.89. The molecular weight excluding hydrogens is 328 g/mol. The highest BCUT2D eigenvalue weighted by atomic mass is 32.2. The van der Waals surface area contributed by atoms with Gasteiger partial charge in [0.1, 0.15) is 4.90 Å². The normalized spacial score (nSPS) is 16.2. The Labute approximate surface area is 144 Å². The van der Waals surface area contributed by atoms with E-state index in [9.17, 15) is 13.2 Å². The topological polar surface area (TPSA) is 81.8 Å². The van der Waals surface area contributed by atoms with Gasteiger partial charge in [0, 0.05) is 44.8 Å². The number of anilines is 1. The molecule has 24 heavy (non-hydrogen) atoms. The van der Waals surface area contributed by atoms with Crippen LogP contribution in [-0.2, 0) is 10.0 Å². The molecule has 0 aliphatic carbocycles. The van der Waals surface area contributed by atoms with E-state index in [0.717, 1.165) is 26.2 Å². The van der Waals surface area contributed by atoms with Crippen LogP contribution in [-0.4, -0.2) is 65.5 Å². The van der Waals surface area contributed by atoms with Crippen LogP contribution in [0.2, 0.25) is 0 Å². The fraction of sp³-hybridized carbons (Fsp3) is 0.562. The van der Waals surface area contributed by atoms with Crippen LogP contribution < -0.4 is 14.9 Å². The molecule has 0 unspecified atom stereocenters. The Hall–Kier alpha value is -1.64. The van der Waals surface area contributed by atoms with Crippen LogP contribution in [0.25, 0.3) is 0 Å². The van der Waals surface area contributed by atoms with E-state index in [4.69, 9.17) is 0 Å². The maximum atomic E-state index is 12.6. The van der Waals surface area contributed by atoms with Gasteiger partial charge in [-0.05, 0) is 32.2 Å². The average molecular weight is 354 g/mol. The Morgan fingerprint density at radius 2 is 1.79 bits per heavy atom. The molecule has 1 saturated heterocycles. The number of rotatable bonds is 6. The molecule has 1 heterocycles. The van der Waals surface area contributed by atoms with Crippen LogP contribution in [0.4, 0.5) is 5.69 Å². The number of carbonyl (C=O) groups excluding carboxylic acids is 1. The fourth-order valence-electron chi connectivity index (χ4n) is 2.71. The molecule has 134 valence electrons. The second kappa shape index (κ2) is 7.96. The molecule has 1 amide bonds. The number of piperazine rings is 1. The van der Waals surface area contributed by atoms with Crippen molar-refractivity contribution >= 4 is 21.6 Å². The summed E-state index contributed by atoms with van der Waals surface area (Å²) in [6.45, 7) is 7.62. The van der Waals surface area contributed by atoms with Crippen LogP contribution in [0.5, 0.6) is 0 Å². The highest BCUT2D eigenvalue weighted by Crippen LogP contribution is 2.27. The molecule has 0 aromatic heterocycles. The molecule has 0 spiro atoms. The van der Waals surface area contributed by atoms with Crippen molar-refractivity contribution in [2.75, 3.05) is 51.2 Å².